The topological polar surface area (TPSA) is 79.5 Å². The number of aliphatic carboxylic acids is 1. The predicted octanol–water partition coefficient (Wildman–Crippen LogP) is 2.08. The number of carboxylic acids is 1. The van der Waals surface area contributed by atoms with Gasteiger partial charge in [-0.3, -0.25) is 9.69 Å². The minimum absolute atomic E-state index is 0.160. The Kier molecular flexibility index (Phi) is 4.32. The van der Waals surface area contributed by atoms with Crippen molar-refractivity contribution in [3.8, 4) is 0 Å². The number of hydrogen-bond acceptors (Lipinski definition) is 5. The van der Waals surface area contributed by atoms with Crippen LogP contribution in [-0.2, 0) is 11.3 Å². The van der Waals surface area contributed by atoms with E-state index in [2.05, 4.69) is 10.2 Å². The van der Waals surface area contributed by atoms with E-state index in [-0.39, 0.29) is 6.54 Å². The van der Waals surface area contributed by atoms with Crippen LogP contribution in [0.5, 0.6) is 0 Å². The zero-order valence-electron chi connectivity index (χ0n) is 12.0. The van der Waals surface area contributed by atoms with Gasteiger partial charge in [-0.05, 0) is 37.2 Å². The van der Waals surface area contributed by atoms with Gasteiger partial charge < -0.3 is 9.52 Å². The van der Waals surface area contributed by atoms with E-state index in [4.69, 9.17) is 4.42 Å². The van der Waals surface area contributed by atoms with Crippen molar-refractivity contribution >= 4 is 5.97 Å². The van der Waals surface area contributed by atoms with Gasteiger partial charge in [0.1, 0.15) is 11.9 Å². The Balaban J connectivity index is 2.30. The Labute approximate surface area is 121 Å². The Morgan fingerprint density at radius 2 is 2.14 bits per heavy atom. The zero-order valence-corrected chi connectivity index (χ0v) is 12.0. The van der Waals surface area contributed by atoms with Gasteiger partial charge in [0.05, 0.1) is 6.54 Å². The Morgan fingerprint density at radius 1 is 1.43 bits per heavy atom. The summed E-state index contributed by atoms with van der Waals surface area (Å²) in [5.74, 6) is -0.811. The first-order valence-electron chi connectivity index (χ1n) is 6.36. The number of hydrogen-bond donors (Lipinski definition) is 1. The Morgan fingerprint density at radius 3 is 2.71 bits per heavy atom. The van der Waals surface area contributed by atoms with Gasteiger partial charge in [0.25, 0.3) is 0 Å². The van der Waals surface area contributed by atoms with E-state index in [9.17, 15) is 14.3 Å². The molecule has 0 aliphatic carbocycles. The molecule has 0 unspecified atom stereocenters. The highest BCUT2D eigenvalue weighted by Crippen LogP contribution is 2.25. The molecule has 1 aromatic carbocycles. The summed E-state index contributed by atoms with van der Waals surface area (Å²) in [6.07, 6.45) is 0. The molecule has 7 heteroatoms. The largest absolute Gasteiger partial charge is 0.480 e. The van der Waals surface area contributed by atoms with Gasteiger partial charge in [-0.25, -0.2) is 4.39 Å². The summed E-state index contributed by atoms with van der Waals surface area (Å²) in [6.45, 7) is 3.56. The van der Waals surface area contributed by atoms with Crippen molar-refractivity contribution in [1.82, 2.24) is 15.1 Å². The Bertz CT molecular complexity index is 657. The summed E-state index contributed by atoms with van der Waals surface area (Å²) in [6, 6.07) is 3.11. The van der Waals surface area contributed by atoms with Crippen LogP contribution in [0, 0.1) is 19.7 Å². The molecular formula is C14H16FN3O3. The molecule has 1 atom stereocenters. The van der Waals surface area contributed by atoms with Crippen molar-refractivity contribution in [3.63, 3.8) is 0 Å². The molecule has 21 heavy (non-hydrogen) atoms. The van der Waals surface area contributed by atoms with Crippen LogP contribution >= 0.6 is 0 Å². The summed E-state index contributed by atoms with van der Waals surface area (Å²) in [7, 11) is 1.61. The molecule has 0 spiro atoms. The smallest absolute Gasteiger partial charge is 0.325 e. The molecule has 1 aromatic heterocycles. The number of carboxylic acid groups (broad SMARTS) is 1. The normalized spacial score (nSPS) is 12.6. The maximum absolute atomic E-state index is 13.4. The molecule has 112 valence electrons. The zero-order chi connectivity index (χ0) is 15.6. The van der Waals surface area contributed by atoms with Crippen LogP contribution in [0.15, 0.2) is 22.6 Å². The van der Waals surface area contributed by atoms with E-state index in [1.54, 1.807) is 27.0 Å². The predicted molar refractivity (Wildman–Crippen MR) is 72.0 cm³/mol. The highest BCUT2D eigenvalue weighted by Gasteiger charge is 2.27. The third kappa shape index (κ3) is 3.43. The number of aromatic nitrogens is 2. The number of nitrogens with zero attached hydrogens (tertiary/aromatic N) is 3. The summed E-state index contributed by atoms with van der Waals surface area (Å²) in [4.78, 5) is 13.1. The third-order valence-corrected chi connectivity index (χ3v) is 3.16. The SMILES string of the molecule is Cc1nnc(CN(C)[C@H](C(=O)O)c2cc(F)ccc2C)o1. The molecule has 0 saturated carbocycles. The Hall–Kier alpha value is -2.28. The first-order chi connectivity index (χ1) is 9.88. The molecule has 0 aliphatic rings. The van der Waals surface area contributed by atoms with Crippen molar-refractivity contribution in [1.29, 1.82) is 0 Å². The summed E-state index contributed by atoms with van der Waals surface area (Å²) < 4.78 is 18.7. The molecule has 0 saturated heterocycles. The van der Waals surface area contributed by atoms with Gasteiger partial charge in [-0.15, -0.1) is 10.2 Å². The molecule has 0 amide bonds. The van der Waals surface area contributed by atoms with Crippen molar-refractivity contribution in [2.75, 3.05) is 7.05 Å². The van der Waals surface area contributed by atoms with Crippen LogP contribution in [0.1, 0.15) is 29.0 Å². The fraction of sp³-hybridized carbons (Fsp3) is 0.357. The third-order valence-electron chi connectivity index (χ3n) is 3.16. The minimum atomic E-state index is -1.07. The number of rotatable bonds is 5. The standard InChI is InChI=1S/C14H16FN3O3/c1-8-4-5-10(15)6-11(8)13(14(19)20)18(3)7-12-17-16-9(2)21-12/h4-6,13H,7H2,1-3H3,(H,19,20)/t13-/m0/s1. The second-order valence-corrected chi connectivity index (χ2v) is 4.87. The lowest BCUT2D eigenvalue weighted by molar-refractivity contribution is -0.143. The number of benzene rings is 1. The molecule has 2 aromatic rings. The van der Waals surface area contributed by atoms with E-state index in [0.29, 0.717) is 22.9 Å². The molecular weight excluding hydrogens is 277 g/mol. The first kappa shape index (κ1) is 15.1. The van der Waals surface area contributed by atoms with E-state index < -0.39 is 17.8 Å². The molecule has 2 rings (SSSR count). The number of halogens is 1. The summed E-state index contributed by atoms with van der Waals surface area (Å²) >= 11 is 0. The van der Waals surface area contributed by atoms with E-state index in [1.165, 1.54) is 17.0 Å². The van der Waals surface area contributed by atoms with Crippen molar-refractivity contribution in [2.45, 2.75) is 26.4 Å². The van der Waals surface area contributed by atoms with Crippen molar-refractivity contribution in [3.05, 3.63) is 46.9 Å². The quantitative estimate of drug-likeness (QED) is 0.909. The van der Waals surface area contributed by atoms with Crippen LogP contribution in [0.4, 0.5) is 4.39 Å². The fourth-order valence-corrected chi connectivity index (χ4v) is 2.17. The monoisotopic (exact) mass is 293 g/mol. The number of likely N-dealkylation sites (N-methyl/N-ethyl adjacent to an activating group) is 1. The lowest BCUT2D eigenvalue weighted by Crippen LogP contribution is -2.31. The van der Waals surface area contributed by atoms with E-state index in [1.807, 2.05) is 0 Å². The average molecular weight is 293 g/mol. The molecule has 0 radical (unpaired) electrons. The highest BCUT2D eigenvalue weighted by atomic mass is 19.1. The van der Waals surface area contributed by atoms with Crippen LogP contribution in [0.25, 0.3) is 0 Å². The molecule has 0 bridgehead atoms. The second kappa shape index (κ2) is 6.01. The van der Waals surface area contributed by atoms with E-state index in [0.717, 1.165) is 0 Å². The van der Waals surface area contributed by atoms with Gasteiger partial charge in [0.2, 0.25) is 11.8 Å². The maximum Gasteiger partial charge on any atom is 0.325 e. The minimum Gasteiger partial charge on any atom is -0.480 e. The van der Waals surface area contributed by atoms with Crippen LogP contribution in [0.3, 0.4) is 0 Å². The highest BCUT2D eigenvalue weighted by molar-refractivity contribution is 5.76. The lowest BCUT2D eigenvalue weighted by Gasteiger charge is -2.24. The van der Waals surface area contributed by atoms with Gasteiger partial charge in [0.15, 0.2) is 0 Å². The van der Waals surface area contributed by atoms with Gasteiger partial charge in [-0.2, -0.15) is 0 Å². The van der Waals surface area contributed by atoms with E-state index >= 15 is 0 Å². The van der Waals surface area contributed by atoms with Gasteiger partial charge in [0, 0.05) is 6.92 Å². The van der Waals surface area contributed by atoms with Crippen LogP contribution in [-0.4, -0.2) is 33.2 Å². The molecule has 1 heterocycles. The maximum atomic E-state index is 13.4. The van der Waals surface area contributed by atoms with Crippen LogP contribution in [0.2, 0.25) is 0 Å². The lowest BCUT2D eigenvalue weighted by atomic mass is 10.00. The average Bonchev–Trinajstić information content (AvgIpc) is 2.79. The number of aryl methyl sites for hydroxylation is 2. The molecule has 1 N–H and O–H groups in total. The van der Waals surface area contributed by atoms with Crippen LogP contribution < -0.4 is 0 Å². The number of carbonyl (C=O) groups is 1. The van der Waals surface area contributed by atoms with Crippen molar-refractivity contribution in [2.24, 2.45) is 0 Å². The summed E-state index contributed by atoms with van der Waals surface area (Å²) in [5, 5.41) is 17.0. The second-order valence-electron chi connectivity index (χ2n) is 4.87. The van der Waals surface area contributed by atoms with Gasteiger partial charge in [-0.1, -0.05) is 6.07 Å². The van der Waals surface area contributed by atoms with Gasteiger partial charge >= 0.3 is 5.97 Å². The molecule has 0 aliphatic heterocycles. The van der Waals surface area contributed by atoms with Crippen molar-refractivity contribution < 1.29 is 18.7 Å². The summed E-state index contributed by atoms with van der Waals surface area (Å²) in [5.41, 5.74) is 1.11. The molecule has 0 fully saturated rings. The first-order valence-corrected chi connectivity index (χ1v) is 6.36. The fourth-order valence-electron chi connectivity index (χ4n) is 2.17. The molecule has 6 nitrogen and oxygen atoms in total.